The lowest BCUT2D eigenvalue weighted by Gasteiger charge is -2.23. The number of rotatable bonds is 4. The molecule has 0 saturated heterocycles. The number of nitrogens with one attached hydrogen (secondary N) is 1. The molecule has 0 fully saturated rings. The number of carbonyl (C=O) groups excluding carboxylic acids is 1. The van der Waals surface area contributed by atoms with Gasteiger partial charge in [0.1, 0.15) is 25.1 Å². The predicted molar refractivity (Wildman–Crippen MR) is 107 cm³/mol. The fourth-order valence-electron chi connectivity index (χ4n) is 3.16. The maximum atomic E-state index is 13.2. The van der Waals surface area contributed by atoms with Gasteiger partial charge in [0, 0.05) is 17.2 Å². The summed E-state index contributed by atoms with van der Waals surface area (Å²) >= 11 is 0. The molecular weight excluding hydrogens is 373 g/mol. The average molecular weight is 393 g/mol. The number of fused-ring (bicyclic) bond motifs is 1. The summed E-state index contributed by atoms with van der Waals surface area (Å²) in [6, 6.07) is 16.1. The number of ether oxygens (including phenoxy) is 2. The molecule has 1 atom stereocenters. The molecular formula is C23H20FNO4. The summed E-state index contributed by atoms with van der Waals surface area (Å²) in [5, 5.41) is 13.8. The van der Waals surface area contributed by atoms with Crippen molar-refractivity contribution in [1.29, 1.82) is 0 Å². The molecule has 2 N–H and O–H groups in total. The van der Waals surface area contributed by atoms with Crippen LogP contribution in [0.15, 0.2) is 60.7 Å². The Labute approximate surface area is 167 Å². The van der Waals surface area contributed by atoms with E-state index in [-0.39, 0.29) is 0 Å². The van der Waals surface area contributed by atoms with Crippen LogP contribution in [0.1, 0.15) is 33.2 Å². The van der Waals surface area contributed by atoms with Crippen molar-refractivity contribution in [2.45, 2.75) is 13.0 Å². The third kappa shape index (κ3) is 4.07. The van der Waals surface area contributed by atoms with Gasteiger partial charge in [0.05, 0.1) is 5.69 Å². The molecule has 1 amide bonds. The molecule has 29 heavy (non-hydrogen) atoms. The summed E-state index contributed by atoms with van der Waals surface area (Å²) in [5.74, 6) is 0.165. The Kier molecular flexibility index (Phi) is 5.18. The molecule has 6 heteroatoms. The van der Waals surface area contributed by atoms with Crippen molar-refractivity contribution in [3.05, 3.63) is 88.7 Å². The minimum atomic E-state index is -0.977. The number of hydrogen-bond acceptors (Lipinski definition) is 4. The van der Waals surface area contributed by atoms with Gasteiger partial charge in [-0.2, -0.15) is 0 Å². The first kappa shape index (κ1) is 19.0. The minimum absolute atomic E-state index is 0.303. The van der Waals surface area contributed by atoms with Crippen LogP contribution >= 0.6 is 0 Å². The molecule has 3 aromatic carbocycles. The van der Waals surface area contributed by atoms with E-state index < -0.39 is 17.8 Å². The molecule has 0 radical (unpaired) electrons. The first-order valence-electron chi connectivity index (χ1n) is 9.26. The van der Waals surface area contributed by atoms with Gasteiger partial charge in [-0.3, -0.25) is 4.79 Å². The normalized spacial score (nSPS) is 13.6. The standard InChI is InChI=1S/C23H20FNO4/c1-14-2-4-15(5-3-14)22(26)18-12-20-21(29-11-10-28-20)13-19(18)25-23(27)16-6-8-17(24)9-7-16/h2-9,12-13,22,26H,10-11H2,1H3,(H,25,27)/t22-/m0/s1. The van der Waals surface area contributed by atoms with Crippen LogP contribution in [0.2, 0.25) is 0 Å². The smallest absolute Gasteiger partial charge is 0.255 e. The average Bonchev–Trinajstić information content (AvgIpc) is 2.73. The molecule has 1 aliphatic heterocycles. The Bertz CT molecular complexity index is 1030. The summed E-state index contributed by atoms with van der Waals surface area (Å²) in [7, 11) is 0. The lowest BCUT2D eigenvalue weighted by molar-refractivity contribution is 0.102. The van der Waals surface area contributed by atoms with E-state index in [9.17, 15) is 14.3 Å². The fourth-order valence-corrected chi connectivity index (χ4v) is 3.16. The van der Waals surface area contributed by atoms with Crippen molar-refractivity contribution >= 4 is 11.6 Å². The first-order chi connectivity index (χ1) is 14.0. The van der Waals surface area contributed by atoms with Gasteiger partial charge < -0.3 is 19.9 Å². The molecule has 5 nitrogen and oxygen atoms in total. The van der Waals surface area contributed by atoms with Gasteiger partial charge in [-0.05, 0) is 42.8 Å². The summed E-state index contributed by atoms with van der Waals surface area (Å²) in [6.07, 6.45) is -0.977. The highest BCUT2D eigenvalue weighted by atomic mass is 19.1. The minimum Gasteiger partial charge on any atom is -0.486 e. The van der Waals surface area contributed by atoms with Crippen LogP contribution in [-0.4, -0.2) is 24.2 Å². The van der Waals surface area contributed by atoms with E-state index in [0.29, 0.717) is 47.1 Å². The molecule has 0 aromatic heterocycles. The maximum absolute atomic E-state index is 13.2. The zero-order valence-corrected chi connectivity index (χ0v) is 15.8. The van der Waals surface area contributed by atoms with E-state index in [1.54, 1.807) is 12.1 Å². The third-order valence-electron chi connectivity index (χ3n) is 4.76. The van der Waals surface area contributed by atoms with Crippen molar-refractivity contribution in [3.8, 4) is 11.5 Å². The number of halogens is 1. The van der Waals surface area contributed by atoms with Crippen LogP contribution in [0, 0.1) is 12.7 Å². The second-order valence-corrected chi connectivity index (χ2v) is 6.86. The highest BCUT2D eigenvalue weighted by Crippen LogP contribution is 2.40. The third-order valence-corrected chi connectivity index (χ3v) is 4.76. The zero-order chi connectivity index (χ0) is 20.4. The number of carbonyl (C=O) groups is 1. The van der Waals surface area contributed by atoms with Crippen molar-refractivity contribution in [2.75, 3.05) is 18.5 Å². The SMILES string of the molecule is Cc1ccc([C@H](O)c2cc3c(cc2NC(=O)c2ccc(F)cc2)OCCO3)cc1. The van der Waals surface area contributed by atoms with Crippen LogP contribution in [0.5, 0.6) is 11.5 Å². The summed E-state index contributed by atoms with van der Waals surface area (Å²) in [5.41, 5.74) is 2.94. The van der Waals surface area contributed by atoms with Gasteiger partial charge in [0.15, 0.2) is 11.5 Å². The number of amides is 1. The van der Waals surface area contributed by atoms with Gasteiger partial charge in [-0.25, -0.2) is 4.39 Å². The molecule has 148 valence electrons. The number of hydrogen-bond donors (Lipinski definition) is 2. The molecule has 0 unspecified atom stereocenters. The molecule has 3 aromatic rings. The Hall–Kier alpha value is -3.38. The number of anilines is 1. The Morgan fingerprint density at radius 3 is 2.28 bits per heavy atom. The van der Waals surface area contributed by atoms with Crippen molar-refractivity contribution in [1.82, 2.24) is 0 Å². The molecule has 0 spiro atoms. The monoisotopic (exact) mass is 393 g/mol. The quantitative estimate of drug-likeness (QED) is 0.696. The number of aryl methyl sites for hydroxylation is 1. The predicted octanol–water partition coefficient (Wildman–Crippen LogP) is 4.24. The second-order valence-electron chi connectivity index (χ2n) is 6.86. The number of aliphatic hydroxyl groups excluding tert-OH is 1. The highest BCUT2D eigenvalue weighted by Gasteiger charge is 2.22. The summed E-state index contributed by atoms with van der Waals surface area (Å²) in [6.45, 7) is 2.78. The maximum Gasteiger partial charge on any atom is 0.255 e. The van der Waals surface area contributed by atoms with Gasteiger partial charge in [-0.1, -0.05) is 29.8 Å². The second kappa shape index (κ2) is 7.93. The Balaban J connectivity index is 1.71. The largest absolute Gasteiger partial charge is 0.486 e. The number of benzene rings is 3. The molecule has 4 rings (SSSR count). The highest BCUT2D eigenvalue weighted by molar-refractivity contribution is 6.04. The van der Waals surface area contributed by atoms with Crippen molar-refractivity contribution in [2.24, 2.45) is 0 Å². The van der Waals surface area contributed by atoms with Crippen LogP contribution in [0.3, 0.4) is 0 Å². The summed E-state index contributed by atoms with van der Waals surface area (Å²) < 4.78 is 24.4. The molecule has 1 aliphatic rings. The lowest BCUT2D eigenvalue weighted by Crippen LogP contribution is -2.18. The van der Waals surface area contributed by atoms with E-state index in [1.807, 2.05) is 31.2 Å². The van der Waals surface area contributed by atoms with Crippen molar-refractivity contribution < 1.29 is 23.8 Å². The topological polar surface area (TPSA) is 67.8 Å². The van der Waals surface area contributed by atoms with Gasteiger partial charge in [0.2, 0.25) is 0 Å². The van der Waals surface area contributed by atoms with Gasteiger partial charge in [0.25, 0.3) is 5.91 Å². The molecule has 1 heterocycles. The van der Waals surface area contributed by atoms with Gasteiger partial charge >= 0.3 is 0 Å². The van der Waals surface area contributed by atoms with E-state index in [2.05, 4.69) is 5.32 Å². The first-order valence-corrected chi connectivity index (χ1v) is 9.26. The van der Waals surface area contributed by atoms with E-state index >= 15 is 0 Å². The number of aliphatic hydroxyl groups is 1. The van der Waals surface area contributed by atoms with Crippen LogP contribution in [0.4, 0.5) is 10.1 Å². The van der Waals surface area contributed by atoms with E-state index in [1.165, 1.54) is 24.3 Å². The van der Waals surface area contributed by atoms with Crippen LogP contribution in [0.25, 0.3) is 0 Å². The van der Waals surface area contributed by atoms with Gasteiger partial charge in [-0.15, -0.1) is 0 Å². The Morgan fingerprint density at radius 2 is 1.62 bits per heavy atom. The lowest BCUT2D eigenvalue weighted by atomic mass is 9.98. The zero-order valence-electron chi connectivity index (χ0n) is 15.8. The van der Waals surface area contributed by atoms with E-state index in [4.69, 9.17) is 9.47 Å². The van der Waals surface area contributed by atoms with Crippen molar-refractivity contribution in [3.63, 3.8) is 0 Å². The fraction of sp³-hybridized carbons (Fsp3) is 0.174. The van der Waals surface area contributed by atoms with E-state index in [0.717, 1.165) is 5.56 Å². The molecule has 0 saturated carbocycles. The van der Waals surface area contributed by atoms with Crippen LogP contribution < -0.4 is 14.8 Å². The summed E-state index contributed by atoms with van der Waals surface area (Å²) in [4.78, 5) is 12.7. The van der Waals surface area contributed by atoms with Crippen LogP contribution in [-0.2, 0) is 0 Å². The Morgan fingerprint density at radius 1 is 1.00 bits per heavy atom. The molecule has 0 aliphatic carbocycles. The molecule has 0 bridgehead atoms.